The molecule has 202 valence electrons. The lowest BCUT2D eigenvalue weighted by molar-refractivity contribution is -0.168. The molecule has 0 saturated heterocycles. The third-order valence-electron chi connectivity index (χ3n) is 7.75. The highest BCUT2D eigenvalue weighted by atomic mass is 19.4. The van der Waals surface area contributed by atoms with E-state index in [4.69, 9.17) is 9.47 Å². The van der Waals surface area contributed by atoms with Gasteiger partial charge in [-0.3, -0.25) is 4.79 Å². The fourth-order valence-electron chi connectivity index (χ4n) is 5.86. The molecule has 36 heavy (non-hydrogen) atoms. The standard InChI is InChI=1S/C28H40F3NO4/c1-7-35-23(33)26-13-15-27(16-14-26,32(17-12-19(2)3)24(34)36-25(4,5)6)22(18-26)20-8-10-21(11-9-20)28(29,30)31/h8-11,19,22H,7,12-18H2,1-6H3. The number of alkyl halides is 3. The number of halogens is 3. The normalized spacial score (nSPS) is 26.1. The first-order valence-corrected chi connectivity index (χ1v) is 13.0. The first kappa shape index (κ1) is 28.3. The summed E-state index contributed by atoms with van der Waals surface area (Å²) in [5, 5.41) is 0. The Bertz CT molecular complexity index is 926. The lowest BCUT2D eigenvalue weighted by atomic mass is 9.51. The van der Waals surface area contributed by atoms with E-state index >= 15 is 0 Å². The molecule has 1 amide bonds. The van der Waals surface area contributed by atoms with Gasteiger partial charge in [0.05, 0.1) is 23.1 Å². The van der Waals surface area contributed by atoms with Crippen molar-refractivity contribution in [2.24, 2.45) is 11.3 Å². The van der Waals surface area contributed by atoms with Crippen LogP contribution < -0.4 is 0 Å². The summed E-state index contributed by atoms with van der Waals surface area (Å²) in [5.41, 5.74) is -2.04. The molecule has 3 fully saturated rings. The summed E-state index contributed by atoms with van der Waals surface area (Å²) in [6.45, 7) is 12.2. The molecule has 1 aromatic rings. The Labute approximate surface area is 212 Å². The van der Waals surface area contributed by atoms with Crippen LogP contribution in [0.3, 0.4) is 0 Å². The predicted molar refractivity (Wildman–Crippen MR) is 131 cm³/mol. The quantitative estimate of drug-likeness (QED) is 0.360. The molecule has 2 bridgehead atoms. The minimum atomic E-state index is -4.44. The number of benzene rings is 1. The molecule has 0 aromatic heterocycles. The van der Waals surface area contributed by atoms with E-state index in [-0.39, 0.29) is 18.5 Å². The van der Waals surface area contributed by atoms with Crippen LogP contribution in [0, 0.1) is 11.3 Å². The molecular weight excluding hydrogens is 471 g/mol. The second-order valence-electron chi connectivity index (χ2n) is 11.8. The molecule has 1 atom stereocenters. The van der Waals surface area contributed by atoms with Crippen molar-refractivity contribution >= 4 is 12.1 Å². The molecule has 0 aliphatic heterocycles. The fraction of sp³-hybridized carbons (Fsp3) is 0.714. The number of carbonyl (C=O) groups excluding carboxylic acids is 2. The van der Waals surface area contributed by atoms with Gasteiger partial charge in [0.25, 0.3) is 0 Å². The van der Waals surface area contributed by atoms with Gasteiger partial charge in [-0.05, 0) is 89.8 Å². The number of carbonyl (C=O) groups is 2. The van der Waals surface area contributed by atoms with E-state index in [0.29, 0.717) is 50.1 Å². The maximum atomic E-state index is 13.6. The Balaban J connectivity index is 2.08. The highest BCUT2D eigenvalue weighted by Gasteiger charge is 2.61. The lowest BCUT2D eigenvalue weighted by Gasteiger charge is -2.60. The number of hydrogen-bond donors (Lipinski definition) is 0. The number of amides is 1. The number of nitrogens with zero attached hydrogens (tertiary/aromatic N) is 1. The molecule has 0 N–H and O–H groups in total. The van der Waals surface area contributed by atoms with Gasteiger partial charge in [-0.25, -0.2) is 4.79 Å². The second-order valence-corrected chi connectivity index (χ2v) is 11.8. The van der Waals surface area contributed by atoms with Gasteiger partial charge in [-0.2, -0.15) is 13.2 Å². The van der Waals surface area contributed by atoms with Crippen LogP contribution in [0.5, 0.6) is 0 Å². The van der Waals surface area contributed by atoms with Crippen molar-refractivity contribution in [3.8, 4) is 0 Å². The molecule has 1 unspecified atom stereocenters. The summed E-state index contributed by atoms with van der Waals surface area (Å²) in [7, 11) is 0. The van der Waals surface area contributed by atoms with E-state index in [2.05, 4.69) is 13.8 Å². The topological polar surface area (TPSA) is 55.8 Å². The number of rotatable bonds is 7. The van der Waals surface area contributed by atoms with Crippen molar-refractivity contribution < 1.29 is 32.2 Å². The largest absolute Gasteiger partial charge is 0.466 e. The van der Waals surface area contributed by atoms with Crippen LogP contribution in [0.1, 0.15) is 97.1 Å². The second kappa shape index (κ2) is 10.3. The third-order valence-corrected chi connectivity index (χ3v) is 7.75. The van der Waals surface area contributed by atoms with Gasteiger partial charge < -0.3 is 14.4 Å². The van der Waals surface area contributed by atoms with E-state index < -0.39 is 34.4 Å². The summed E-state index contributed by atoms with van der Waals surface area (Å²) in [4.78, 5) is 28.5. The highest BCUT2D eigenvalue weighted by Crippen LogP contribution is 2.61. The maximum absolute atomic E-state index is 13.6. The van der Waals surface area contributed by atoms with Gasteiger partial charge >= 0.3 is 18.2 Å². The predicted octanol–water partition coefficient (Wildman–Crippen LogP) is 7.34. The molecule has 3 aliphatic rings. The first-order valence-electron chi connectivity index (χ1n) is 13.0. The van der Waals surface area contributed by atoms with Gasteiger partial charge in [0.1, 0.15) is 5.60 Å². The van der Waals surface area contributed by atoms with Gasteiger partial charge in [0.2, 0.25) is 0 Å². The lowest BCUT2D eigenvalue weighted by Crippen LogP contribution is -2.64. The van der Waals surface area contributed by atoms with Crippen molar-refractivity contribution in [1.29, 1.82) is 0 Å². The number of ether oxygens (including phenoxy) is 2. The molecule has 4 rings (SSSR count). The highest BCUT2D eigenvalue weighted by molar-refractivity contribution is 5.78. The van der Waals surface area contributed by atoms with Crippen molar-refractivity contribution in [2.75, 3.05) is 13.2 Å². The van der Waals surface area contributed by atoms with Crippen LogP contribution in [0.2, 0.25) is 0 Å². The zero-order valence-corrected chi connectivity index (χ0v) is 22.3. The summed E-state index contributed by atoms with van der Waals surface area (Å²) in [5.74, 6) is -0.214. The molecule has 8 heteroatoms. The Morgan fingerprint density at radius 2 is 1.64 bits per heavy atom. The molecule has 0 heterocycles. The third kappa shape index (κ3) is 5.83. The van der Waals surface area contributed by atoms with Gasteiger partial charge in [-0.1, -0.05) is 26.0 Å². The van der Waals surface area contributed by atoms with Crippen LogP contribution in [0.15, 0.2) is 24.3 Å². The zero-order chi connectivity index (χ0) is 26.9. The van der Waals surface area contributed by atoms with Crippen LogP contribution in [-0.4, -0.2) is 41.3 Å². The van der Waals surface area contributed by atoms with E-state index in [1.165, 1.54) is 12.1 Å². The minimum Gasteiger partial charge on any atom is -0.466 e. The molecule has 1 aromatic carbocycles. The SMILES string of the molecule is CCOC(=O)C12CCC(N(CCC(C)C)C(=O)OC(C)(C)C)(CC1)C(c1ccc(C(F)(F)F)cc1)C2. The average Bonchev–Trinajstić information content (AvgIpc) is 2.78. The molecule has 0 radical (unpaired) electrons. The van der Waals surface area contributed by atoms with E-state index in [9.17, 15) is 22.8 Å². The van der Waals surface area contributed by atoms with Crippen molar-refractivity contribution in [3.63, 3.8) is 0 Å². The average molecular weight is 512 g/mol. The number of hydrogen-bond acceptors (Lipinski definition) is 4. The van der Waals surface area contributed by atoms with E-state index in [1.54, 1.807) is 6.92 Å². The molecule has 3 aliphatic carbocycles. The summed E-state index contributed by atoms with van der Waals surface area (Å²) >= 11 is 0. The van der Waals surface area contributed by atoms with Crippen molar-refractivity contribution in [1.82, 2.24) is 4.90 Å². The molecule has 3 saturated carbocycles. The van der Waals surface area contributed by atoms with Gasteiger partial charge in [-0.15, -0.1) is 0 Å². The van der Waals surface area contributed by atoms with Gasteiger partial charge in [0.15, 0.2) is 0 Å². The van der Waals surface area contributed by atoms with E-state index in [0.717, 1.165) is 18.6 Å². The molecular formula is C28H40F3NO4. The Kier molecular flexibility index (Phi) is 8.07. The smallest absolute Gasteiger partial charge is 0.416 e. The van der Waals surface area contributed by atoms with Crippen LogP contribution in [0.25, 0.3) is 0 Å². The van der Waals surface area contributed by atoms with Crippen molar-refractivity contribution in [2.45, 2.75) is 103 Å². The van der Waals surface area contributed by atoms with Crippen molar-refractivity contribution in [3.05, 3.63) is 35.4 Å². The minimum absolute atomic E-state index is 0.249. The van der Waals surface area contributed by atoms with Crippen LogP contribution in [-0.2, 0) is 20.4 Å². The van der Waals surface area contributed by atoms with E-state index in [1.807, 2.05) is 25.7 Å². The fourth-order valence-corrected chi connectivity index (χ4v) is 5.86. The molecule has 0 spiro atoms. The number of esters is 1. The Hall–Kier alpha value is -2.25. The summed E-state index contributed by atoms with van der Waals surface area (Å²) < 4.78 is 51.1. The molecule has 5 nitrogen and oxygen atoms in total. The van der Waals surface area contributed by atoms with Gasteiger partial charge in [0, 0.05) is 12.5 Å². The Morgan fingerprint density at radius 1 is 1.06 bits per heavy atom. The number of fused-ring (bicyclic) bond motifs is 3. The first-order chi connectivity index (χ1) is 16.6. The summed E-state index contributed by atoms with van der Waals surface area (Å²) in [6.07, 6.45) is -1.38. The Morgan fingerprint density at radius 3 is 2.11 bits per heavy atom. The maximum Gasteiger partial charge on any atom is 0.416 e. The van der Waals surface area contributed by atoms with Crippen LogP contribution in [0.4, 0.5) is 18.0 Å². The summed E-state index contributed by atoms with van der Waals surface area (Å²) in [6, 6.07) is 5.19. The monoisotopic (exact) mass is 511 g/mol. The zero-order valence-electron chi connectivity index (χ0n) is 22.3. The van der Waals surface area contributed by atoms with Crippen LogP contribution >= 0.6 is 0 Å².